The molecular weight excluding hydrogens is 470 g/mol. The molecule has 0 saturated carbocycles. The van der Waals surface area contributed by atoms with Gasteiger partial charge >= 0.3 is 0 Å². The first-order valence-electron chi connectivity index (χ1n) is 14.4. The van der Waals surface area contributed by atoms with Gasteiger partial charge in [0, 0.05) is 11.1 Å². The standard InChI is InChI=1S/C36H40F2/c1-3-5-7-8-10-12-28-15-23-33(35(37)25-28)30-18-20-31(21-19-30)34-24-22-32(26-36(34)38)29-16-13-27(14-17-29)11-9-6-4-2/h13-26H,3-12H2,1-2H3. The zero-order valence-corrected chi connectivity index (χ0v) is 22.9. The minimum Gasteiger partial charge on any atom is -0.206 e. The molecule has 0 nitrogen and oxygen atoms in total. The molecule has 2 heteroatoms. The van der Waals surface area contributed by atoms with Crippen molar-refractivity contribution in [2.75, 3.05) is 0 Å². The molecule has 0 spiro atoms. The van der Waals surface area contributed by atoms with Crippen LogP contribution in [0.4, 0.5) is 8.78 Å². The fourth-order valence-corrected chi connectivity index (χ4v) is 5.08. The van der Waals surface area contributed by atoms with Crippen molar-refractivity contribution in [3.63, 3.8) is 0 Å². The Labute approximate surface area is 227 Å². The second kappa shape index (κ2) is 14.0. The zero-order chi connectivity index (χ0) is 26.7. The Morgan fingerprint density at radius 2 is 0.868 bits per heavy atom. The van der Waals surface area contributed by atoms with E-state index in [0.717, 1.165) is 47.1 Å². The summed E-state index contributed by atoms with van der Waals surface area (Å²) in [5, 5.41) is 0. The van der Waals surface area contributed by atoms with Crippen LogP contribution < -0.4 is 0 Å². The van der Waals surface area contributed by atoms with Crippen molar-refractivity contribution in [3.8, 4) is 33.4 Å². The molecule has 4 aromatic rings. The van der Waals surface area contributed by atoms with Crippen molar-refractivity contribution in [3.05, 3.63) is 108 Å². The molecular formula is C36H40F2. The van der Waals surface area contributed by atoms with E-state index in [4.69, 9.17) is 0 Å². The molecule has 0 aliphatic heterocycles. The molecule has 0 saturated heterocycles. The normalized spacial score (nSPS) is 11.2. The first-order chi connectivity index (χ1) is 18.6. The van der Waals surface area contributed by atoms with Crippen LogP contribution in [0.2, 0.25) is 0 Å². The smallest absolute Gasteiger partial charge is 0.131 e. The average Bonchev–Trinajstić information content (AvgIpc) is 2.94. The Morgan fingerprint density at radius 1 is 0.421 bits per heavy atom. The Bertz CT molecular complexity index is 1290. The van der Waals surface area contributed by atoms with Gasteiger partial charge in [-0.05, 0) is 71.2 Å². The van der Waals surface area contributed by atoms with Gasteiger partial charge in [0.25, 0.3) is 0 Å². The minimum atomic E-state index is -0.253. The van der Waals surface area contributed by atoms with Gasteiger partial charge in [0.2, 0.25) is 0 Å². The van der Waals surface area contributed by atoms with Gasteiger partial charge in [-0.1, -0.05) is 125 Å². The summed E-state index contributed by atoms with van der Waals surface area (Å²) in [6, 6.07) is 26.9. The molecule has 4 rings (SSSR count). The topological polar surface area (TPSA) is 0 Å². The summed E-state index contributed by atoms with van der Waals surface area (Å²) in [7, 11) is 0. The molecule has 0 radical (unpaired) electrons. The molecule has 0 aliphatic rings. The minimum absolute atomic E-state index is 0.198. The van der Waals surface area contributed by atoms with E-state index < -0.39 is 0 Å². The summed E-state index contributed by atoms with van der Waals surface area (Å²) in [6.45, 7) is 4.42. The second-order valence-corrected chi connectivity index (χ2v) is 10.4. The summed E-state index contributed by atoms with van der Waals surface area (Å²) in [5.74, 6) is -0.451. The van der Waals surface area contributed by atoms with Gasteiger partial charge in [0.15, 0.2) is 0 Å². The van der Waals surface area contributed by atoms with Gasteiger partial charge in [-0.25, -0.2) is 8.78 Å². The van der Waals surface area contributed by atoms with Crippen LogP contribution in [-0.4, -0.2) is 0 Å². The van der Waals surface area contributed by atoms with Gasteiger partial charge in [-0.2, -0.15) is 0 Å². The first-order valence-corrected chi connectivity index (χ1v) is 14.4. The van der Waals surface area contributed by atoms with E-state index >= 15 is 4.39 Å². The maximum absolute atomic E-state index is 15.1. The number of halogens is 2. The van der Waals surface area contributed by atoms with E-state index in [1.54, 1.807) is 12.1 Å². The molecule has 0 atom stereocenters. The summed E-state index contributed by atoms with van der Waals surface area (Å²) in [5.41, 5.74) is 6.99. The summed E-state index contributed by atoms with van der Waals surface area (Å²) < 4.78 is 30.1. The SMILES string of the molecule is CCCCCCCc1ccc(-c2ccc(-c3ccc(-c4ccc(CCCCC)cc4)cc3F)cc2)c(F)c1. The largest absolute Gasteiger partial charge is 0.206 e. The van der Waals surface area contributed by atoms with Crippen LogP contribution in [-0.2, 0) is 12.8 Å². The third-order valence-electron chi connectivity index (χ3n) is 7.43. The molecule has 38 heavy (non-hydrogen) atoms. The first kappa shape index (κ1) is 27.8. The van der Waals surface area contributed by atoms with Gasteiger partial charge in [0.05, 0.1) is 0 Å². The highest BCUT2D eigenvalue weighted by molar-refractivity contribution is 5.74. The highest BCUT2D eigenvalue weighted by Crippen LogP contribution is 2.31. The van der Waals surface area contributed by atoms with Gasteiger partial charge < -0.3 is 0 Å². The van der Waals surface area contributed by atoms with E-state index in [0.29, 0.717) is 11.1 Å². The van der Waals surface area contributed by atoms with Crippen LogP contribution in [0.25, 0.3) is 33.4 Å². The fraction of sp³-hybridized carbons (Fsp3) is 0.333. The molecule has 0 heterocycles. The highest BCUT2D eigenvalue weighted by atomic mass is 19.1. The summed E-state index contributed by atoms with van der Waals surface area (Å²) in [6.07, 6.45) is 11.7. The van der Waals surface area contributed by atoms with Crippen LogP contribution in [0.1, 0.15) is 76.3 Å². The van der Waals surface area contributed by atoms with E-state index in [-0.39, 0.29) is 11.6 Å². The van der Waals surface area contributed by atoms with Crippen molar-refractivity contribution in [2.24, 2.45) is 0 Å². The quantitative estimate of drug-likeness (QED) is 0.157. The Kier molecular flexibility index (Phi) is 10.3. The Morgan fingerprint density at radius 3 is 1.47 bits per heavy atom. The fourth-order valence-electron chi connectivity index (χ4n) is 5.08. The van der Waals surface area contributed by atoms with Crippen molar-refractivity contribution in [2.45, 2.75) is 78.1 Å². The number of benzene rings is 4. The Balaban J connectivity index is 1.42. The number of hydrogen-bond donors (Lipinski definition) is 0. The maximum Gasteiger partial charge on any atom is 0.131 e. The molecule has 0 bridgehead atoms. The molecule has 0 aliphatic carbocycles. The molecule has 4 aromatic carbocycles. The molecule has 0 fully saturated rings. The van der Waals surface area contributed by atoms with Gasteiger partial charge in [-0.3, -0.25) is 0 Å². The lowest BCUT2D eigenvalue weighted by atomic mass is 9.96. The monoisotopic (exact) mass is 510 g/mol. The predicted octanol–water partition coefficient (Wildman–Crippen LogP) is 11.2. The van der Waals surface area contributed by atoms with Crippen LogP contribution >= 0.6 is 0 Å². The number of hydrogen-bond acceptors (Lipinski definition) is 0. The zero-order valence-electron chi connectivity index (χ0n) is 22.9. The molecule has 198 valence electrons. The van der Waals surface area contributed by atoms with Gasteiger partial charge in [0.1, 0.15) is 11.6 Å². The van der Waals surface area contributed by atoms with Gasteiger partial charge in [-0.15, -0.1) is 0 Å². The molecule has 0 N–H and O–H groups in total. The van der Waals surface area contributed by atoms with Crippen molar-refractivity contribution < 1.29 is 8.78 Å². The van der Waals surface area contributed by atoms with Crippen LogP contribution in [0.15, 0.2) is 84.9 Å². The van der Waals surface area contributed by atoms with E-state index in [1.165, 1.54) is 50.5 Å². The molecule has 0 amide bonds. The lowest BCUT2D eigenvalue weighted by molar-refractivity contribution is 0.618. The Hall–Kier alpha value is -3.26. The lowest BCUT2D eigenvalue weighted by Gasteiger charge is -2.10. The molecule has 0 unspecified atom stereocenters. The van der Waals surface area contributed by atoms with E-state index in [1.807, 2.05) is 48.5 Å². The molecule has 0 aromatic heterocycles. The second-order valence-electron chi connectivity index (χ2n) is 10.4. The van der Waals surface area contributed by atoms with Crippen LogP contribution in [0.5, 0.6) is 0 Å². The third kappa shape index (κ3) is 7.40. The van der Waals surface area contributed by atoms with Crippen LogP contribution in [0.3, 0.4) is 0 Å². The highest BCUT2D eigenvalue weighted by Gasteiger charge is 2.10. The van der Waals surface area contributed by atoms with Crippen molar-refractivity contribution >= 4 is 0 Å². The van der Waals surface area contributed by atoms with E-state index in [9.17, 15) is 4.39 Å². The number of unbranched alkanes of at least 4 members (excludes halogenated alkanes) is 6. The number of aryl methyl sites for hydroxylation is 2. The third-order valence-corrected chi connectivity index (χ3v) is 7.43. The maximum atomic E-state index is 15.1. The van der Waals surface area contributed by atoms with Crippen molar-refractivity contribution in [1.29, 1.82) is 0 Å². The van der Waals surface area contributed by atoms with Crippen LogP contribution in [0, 0.1) is 11.6 Å². The van der Waals surface area contributed by atoms with Crippen molar-refractivity contribution in [1.82, 2.24) is 0 Å². The average molecular weight is 511 g/mol. The predicted molar refractivity (Wildman–Crippen MR) is 158 cm³/mol. The van der Waals surface area contributed by atoms with E-state index in [2.05, 4.69) is 38.1 Å². The number of rotatable bonds is 13. The summed E-state index contributed by atoms with van der Waals surface area (Å²) in [4.78, 5) is 0. The summed E-state index contributed by atoms with van der Waals surface area (Å²) >= 11 is 0. The lowest BCUT2D eigenvalue weighted by Crippen LogP contribution is -1.91.